The molecule has 2 rings (SSSR count). The molecule has 0 aliphatic heterocycles. The van der Waals surface area contributed by atoms with Crippen molar-refractivity contribution in [3.63, 3.8) is 0 Å². The molecule has 0 aliphatic carbocycles. The van der Waals surface area contributed by atoms with Crippen molar-refractivity contribution < 1.29 is 5.11 Å². The zero-order valence-electron chi connectivity index (χ0n) is 10.4. The summed E-state index contributed by atoms with van der Waals surface area (Å²) < 4.78 is 1.78. The van der Waals surface area contributed by atoms with Crippen molar-refractivity contribution in [3.8, 4) is 0 Å². The van der Waals surface area contributed by atoms with E-state index in [0.717, 1.165) is 29.1 Å². The number of hydrogen-bond donors (Lipinski definition) is 1. The van der Waals surface area contributed by atoms with Crippen LogP contribution in [0.4, 0.5) is 0 Å². The molecule has 0 bridgehead atoms. The smallest absolute Gasteiger partial charge is 0.0628 e. The molecule has 2 aromatic rings. The minimum Gasteiger partial charge on any atom is -0.396 e. The predicted molar refractivity (Wildman–Crippen MR) is 72.6 cm³/mol. The average Bonchev–Trinajstić information content (AvgIpc) is 2.74. The van der Waals surface area contributed by atoms with Gasteiger partial charge in [-0.05, 0) is 42.5 Å². The Labute approximate surface area is 112 Å². The lowest BCUT2D eigenvalue weighted by atomic mass is 9.95. The van der Waals surface area contributed by atoms with E-state index in [1.165, 1.54) is 0 Å². The normalized spacial score (nSPS) is 12.6. The molecule has 1 aromatic heterocycles. The van der Waals surface area contributed by atoms with Crippen molar-refractivity contribution >= 4 is 11.6 Å². The topological polar surface area (TPSA) is 38.0 Å². The summed E-state index contributed by atoms with van der Waals surface area (Å²) in [5.41, 5.74) is 2.16. The van der Waals surface area contributed by atoms with Crippen LogP contribution in [0.2, 0.25) is 5.02 Å². The molecule has 96 valence electrons. The van der Waals surface area contributed by atoms with Gasteiger partial charge >= 0.3 is 0 Å². The van der Waals surface area contributed by atoms with E-state index in [-0.39, 0.29) is 12.5 Å². The highest BCUT2D eigenvalue weighted by atomic mass is 35.5. The third-order valence-electron chi connectivity index (χ3n) is 2.94. The first-order valence-corrected chi connectivity index (χ1v) is 6.39. The predicted octanol–water partition coefficient (Wildman–Crippen LogP) is 2.47. The van der Waals surface area contributed by atoms with E-state index >= 15 is 0 Å². The van der Waals surface area contributed by atoms with Gasteiger partial charge in [0.05, 0.1) is 5.69 Å². The number of rotatable bonds is 5. The Bertz CT molecular complexity index is 510. The number of nitrogens with zero attached hydrogens (tertiary/aromatic N) is 2. The van der Waals surface area contributed by atoms with Crippen LogP contribution in [0.25, 0.3) is 0 Å². The van der Waals surface area contributed by atoms with E-state index < -0.39 is 0 Å². The SMILES string of the molecule is Cn1ccc(CC(CO)Cc2cccc(Cl)c2)n1. The van der Waals surface area contributed by atoms with Gasteiger partial charge in [-0.15, -0.1) is 0 Å². The molecular weight excluding hydrogens is 248 g/mol. The minimum absolute atomic E-state index is 0.156. The highest BCUT2D eigenvalue weighted by Gasteiger charge is 2.11. The molecule has 1 aromatic carbocycles. The molecular formula is C14H17ClN2O. The maximum absolute atomic E-state index is 9.46. The summed E-state index contributed by atoms with van der Waals surface area (Å²) in [6.45, 7) is 0.156. The zero-order valence-corrected chi connectivity index (χ0v) is 11.1. The fourth-order valence-corrected chi connectivity index (χ4v) is 2.28. The fraction of sp³-hybridized carbons (Fsp3) is 0.357. The van der Waals surface area contributed by atoms with Gasteiger partial charge in [0.25, 0.3) is 0 Å². The first-order valence-electron chi connectivity index (χ1n) is 6.01. The van der Waals surface area contributed by atoms with Gasteiger partial charge in [0.15, 0.2) is 0 Å². The molecule has 1 unspecified atom stereocenters. The van der Waals surface area contributed by atoms with Crippen LogP contribution < -0.4 is 0 Å². The van der Waals surface area contributed by atoms with E-state index in [1.807, 2.05) is 43.6 Å². The van der Waals surface area contributed by atoms with Gasteiger partial charge in [-0.2, -0.15) is 5.10 Å². The largest absolute Gasteiger partial charge is 0.396 e. The molecule has 1 N–H and O–H groups in total. The van der Waals surface area contributed by atoms with Crippen LogP contribution in [0.15, 0.2) is 36.5 Å². The fourth-order valence-electron chi connectivity index (χ4n) is 2.07. The summed E-state index contributed by atoms with van der Waals surface area (Å²) in [4.78, 5) is 0. The van der Waals surface area contributed by atoms with Gasteiger partial charge in [-0.25, -0.2) is 0 Å². The molecule has 0 saturated heterocycles. The van der Waals surface area contributed by atoms with Crippen LogP contribution in [0.3, 0.4) is 0 Å². The van der Waals surface area contributed by atoms with Gasteiger partial charge < -0.3 is 5.11 Å². The number of aromatic nitrogens is 2. The van der Waals surface area contributed by atoms with Crippen LogP contribution in [0, 0.1) is 5.92 Å². The lowest BCUT2D eigenvalue weighted by Crippen LogP contribution is -2.13. The third kappa shape index (κ3) is 3.59. The van der Waals surface area contributed by atoms with Crippen LogP contribution in [-0.4, -0.2) is 21.5 Å². The first kappa shape index (κ1) is 13.1. The summed E-state index contributed by atoms with van der Waals surface area (Å²) in [5.74, 6) is 0.179. The van der Waals surface area contributed by atoms with Crippen molar-refractivity contribution in [1.29, 1.82) is 0 Å². The lowest BCUT2D eigenvalue weighted by molar-refractivity contribution is 0.224. The highest BCUT2D eigenvalue weighted by Crippen LogP contribution is 2.17. The summed E-state index contributed by atoms with van der Waals surface area (Å²) in [6, 6.07) is 9.76. The van der Waals surface area contributed by atoms with Crippen molar-refractivity contribution in [2.75, 3.05) is 6.61 Å². The Balaban J connectivity index is 2.01. The van der Waals surface area contributed by atoms with Gasteiger partial charge in [-0.1, -0.05) is 23.7 Å². The molecule has 0 spiro atoms. The number of halogens is 1. The molecule has 0 aliphatic rings. The summed E-state index contributed by atoms with van der Waals surface area (Å²) in [7, 11) is 1.90. The van der Waals surface area contributed by atoms with E-state index in [9.17, 15) is 5.11 Å². The molecule has 0 saturated carbocycles. The Morgan fingerprint density at radius 3 is 2.78 bits per heavy atom. The van der Waals surface area contributed by atoms with E-state index in [1.54, 1.807) is 4.68 Å². The monoisotopic (exact) mass is 264 g/mol. The number of aryl methyl sites for hydroxylation is 1. The van der Waals surface area contributed by atoms with Crippen molar-refractivity contribution in [2.45, 2.75) is 12.8 Å². The number of hydrogen-bond acceptors (Lipinski definition) is 2. The number of aliphatic hydroxyl groups is 1. The van der Waals surface area contributed by atoms with E-state index in [2.05, 4.69) is 5.10 Å². The van der Waals surface area contributed by atoms with Crippen molar-refractivity contribution in [2.24, 2.45) is 13.0 Å². The average molecular weight is 265 g/mol. The first-order chi connectivity index (χ1) is 8.67. The van der Waals surface area contributed by atoms with E-state index in [4.69, 9.17) is 11.6 Å². The standard InChI is InChI=1S/C14H17ClN2O/c1-17-6-5-14(16-17)9-12(10-18)7-11-3-2-4-13(15)8-11/h2-6,8,12,18H,7,9-10H2,1H3. The van der Waals surface area contributed by atoms with Crippen LogP contribution in [0.1, 0.15) is 11.3 Å². The number of benzene rings is 1. The quantitative estimate of drug-likeness (QED) is 0.901. The summed E-state index contributed by atoms with van der Waals surface area (Å²) >= 11 is 5.96. The maximum atomic E-state index is 9.46. The summed E-state index contributed by atoms with van der Waals surface area (Å²) in [6.07, 6.45) is 3.51. The molecule has 18 heavy (non-hydrogen) atoms. The van der Waals surface area contributed by atoms with Gasteiger partial charge in [0.2, 0.25) is 0 Å². The molecule has 0 amide bonds. The maximum Gasteiger partial charge on any atom is 0.0628 e. The minimum atomic E-state index is 0.156. The lowest BCUT2D eigenvalue weighted by Gasteiger charge is -2.12. The highest BCUT2D eigenvalue weighted by molar-refractivity contribution is 6.30. The van der Waals surface area contributed by atoms with E-state index in [0.29, 0.717) is 0 Å². The summed E-state index contributed by atoms with van der Waals surface area (Å²) in [5, 5.41) is 14.5. The van der Waals surface area contributed by atoms with Crippen LogP contribution >= 0.6 is 11.6 Å². The molecule has 4 heteroatoms. The van der Waals surface area contributed by atoms with Crippen LogP contribution in [0.5, 0.6) is 0 Å². The second kappa shape index (κ2) is 6.03. The van der Waals surface area contributed by atoms with Crippen molar-refractivity contribution in [3.05, 3.63) is 52.8 Å². The van der Waals surface area contributed by atoms with Gasteiger partial charge in [0, 0.05) is 24.9 Å². The molecule has 0 radical (unpaired) electrons. The molecule has 3 nitrogen and oxygen atoms in total. The Morgan fingerprint density at radius 1 is 1.33 bits per heavy atom. The van der Waals surface area contributed by atoms with Gasteiger partial charge in [0.1, 0.15) is 0 Å². The Kier molecular flexibility index (Phi) is 4.39. The van der Waals surface area contributed by atoms with Crippen LogP contribution in [-0.2, 0) is 19.9 Å². The Morgan fingerprint density at radius 2 is 2.17 bits per heavy atom. The molecule has 1 heterocycles. The second-order valence-electron chi connectivity index (χ2n) is 4.57. The zero-order chi connectivity index (χ0) is 13.0. The van der Waals surface area contributed by atoms with Gasteiger partial charge in [-0.3, -0.25) is 4.68 Å². The number of aliphatic hydroxyl groups excluding tert-OH is 1. The third-order valence-corrected chi connectivity index (χ3v) is 3.17. The van der Waals surface area contributed by atoms with Crippen molar-refractivity contribution in [1.82, 2.24) is 9.78 Å². The molecule has 0 fully saturated rings. The second-order valence-corrected chi connectivity index (χ2v) is 5.00. The Hall–Kier alpha value is -1.32. The molecule has 1 atom stereocenters.